The molecule has 0 bridgehead atoms. The maximum Gasteiger partial charge on any atom is 0.288 e. The van der Waals surface area contributed by atoms with Crippen LogP contribution in [-0.2, 0) is 10.0 Å². The molecule has 0 unspecified atom stereocenters. The zero-order valence-corrected chi connectivity index (χ0v) is 15.8. The van der Waals surface area contributed by atoms with Crippen LogP contribution in [0.1, 0.15) is 15.9 Å². The van der Waals surface area contributed by atoms with Gasteiger partial charge in [-0.3, -0.25) is 14.9 Å². The maximum absolute atomic E-state index is 12.4. The molecule has 138 valence electrons. The van der Waals surface area contributed by atoms with Crippen LogP contribution in [0.3, 0.4) is 0 Å². The Hall–Kier alpha value is -2.49. The van der Waals surface area contributed by atoms with Crippen LogP contribution in [0.25, 0.3) is 0 Å². The van der Waals surface area contributed by atoms with E-state index in [1.807, 2.05) is 0 Å². The summed E-state index contributed by atoms with van der Waals surface area (Å²) in [4.78, 5) is 22.7. The Kier molecular flexibility index (Phi) is 5.65. The van der Waals surface area contributed by atoms with Gasteiger partial charge in [-0.2, -0.15) is 0 Å². The third-order valence-electron chi connectivity index (χ3n) is 3.64. The number of amides is 1. The highest BCUT2D eigenvalue weighted by atomic mass is 35.5. The number of rotatable bonds is 5. The van der Waals surface area contributed by atoms with Gasteiger partial charge in [-0.25, -0.2) is 12.7 Å². The summed E-state index contributed by atoms with van der Waals surface area (Å²) < 4.78 is 25.5. The fourth-order valence-corrected chi connectivity index (χ4v) is 3.21. The average Bonchev–Trinajstić information content (AvgIpc) is 2.56. The number of hydrogen-bond donors (Lipinski definition) is 1. The highest BCUT2D eigenvalue weighted by Crippen LogP contribution is 2.26. The highest BCUT2D eigenvalue weighted by molar-refractivity contribution is 7.89. The summed E-state index contributed by atoms with van der Waals surface area (Å²) in [5.74, 6) is -0.618. The predicted molar refractivity (Wildman–Crippen MR) is 98.1 cm³/mol. The minimum atomic E-state index is -3.66. The monoisotopic (exact) mass is 397 g/mol. The lowest BCUT2D eigenvalue weighted by molar-refractivity contribution is -0.384. The Bertz CT molecular complexity index is 989. The largest absolute Gasteiger partial charge is 0.322 e. The number of nitrogens with one attached hydrogen (secondary N) is 1. The van der Waals surface area contributed by atoms with Crippen LogP contribution < -0.4 is 5.32 Å². The van der Waals surface area contributed by atoms with E-state index in [0.717, 1.165) is 10.4 Å². The van der Waals surface area contributed by atoms with Gasteiger partial charge in [0.15, 0.2) is 0 Å². The van der Waals surface area contributed by atoms with E-state index < -0.39 is 20.9 Å². The molecule has 10 heteroatoms. The summed E-state index contributed by atoms with van der Waals surface area (Å²) in [6, 6.07) is 8.01. The summed E-state index contributed by atoms with van der Waals surface area (Å²) >= 11 is 5.74. The van der Waals surface area contributed by atoms with Crippen molar-refractivity contribution in [2.45, 2.75) is 11.8 Å². The van der Waals surface area contributed by atoms with Crippen molar-refractivity contribution in [1.82, 2.24) is 4.31 Å². The van der Waals surface area contributed by atoms with Crippen molar-refractivity contribution in [2.75, 3.05) is 19.4 Å². The van der Waals surface area contributed by atoms with Gasteiger partial charge in [0.1, 0.15) is 5.02 Å². The van der Waals surface area contributed by atoms with Crippen LogP contribution in [0.2, 0.25) is 5.02 Å². The zero-order chi connectivity index (χ0) is 19.6. The van der Waals surface area contributed by atoms with Crippen molar-refractivity contribution in [2.24, 2.45) is 0 Å². The second-order valence-corrected chi connectivity index (χ2v) is 8.20. The Morgan fingerprint density at radius 3 is 2.42 bits per heavy atom. The van der Waals surface area contributed by atoms with Crippen molar-refractivity contribution < 1.29 is 18.1 Å². The van der Waals surface area contributed by atoms with E-state index in [9.17, 15) is 23.3 Å². The second-order valence-electron chi connectivity index (χ2n) is 5.64. The van der Waals surface area contributed by atoms with E-state index >= 15 is 0 Å². The van der Waals surface area contributed by atoms with Crippen LogP contribution in [-0.4, -0.2) is 37.6 Å². The normalized spacial score (nSPS) is 11.4. The summed E-state index contributed by atoms with van der Waals surface area (Å²) in [5, 5.41) is 13.4. The zero-order valence-electron chi connectivity index (χ0n) is 14.2. The number of carbonyl (C=O) groups excluding carboxylic acids is 1. The Morgan fingerprint density at radius 2 is 1.85 bits per heavy atom. The van der Waals surface area contributed by atoms with Crippen LogP contribution in [0, 0.1) is 17.0 Å². The standard InChI is InChI=1S/C16H16ClN3O5S/c1-10-4-6-12(26(24,25)19(2)3)9-14(10)18-16(21)11-5-7-13(17)15(8-11)20(22)23/h4-9H,1-3H3,(H,18,21). The molecular weight excluding hydrogens is 382 g/mol. The lowest BCUT2D eigenvalue weighted by atomic mass is 10.1. The Labute approximate surface area is 155 Å². The summed E-state index contributed by atoms with van der Waals surface area (Å²) in [6.07, 6.45) is 0. The summed E-state index contributed by atoms with van der Waals surface area (Å²) in [6.45, 7) is 1.70. The lowest BCUT2D eigenvalue weighted by Gasteiger charge is -2.14. The first-order valence-corrected chi connectivity index (χ1v) is 9.14. The molecule has 0 aliphatic carbocycles. The van der Waals surface area contributed by atoms with E-state index in [1.54, 1.807) is 13.0 Å². The number of nitrogens with zero attached hydrogens (tertiary/aromatic N) is 2. The fourth-order valence-electron chi connectivity index (χ4n) is 2.10. The van der Waals surface area contributed by atoms with Gasteiger partial charge in [-0.15, -0.1) is 0 Å². The molecule has 0 heterocycles. The summed E-state index contributed by atoms with van der Waals surface area (Å²) in [7, 11) is -0.859. The molecule has 1 N–H and O–H groups in total. The van der Waals surface area contributed by atoms with Crippen molar-refractivity contribution in [3.05, 3.63) is 62.7 Å². The minimum Gasteiger partial charge on any atom is -0.322 e. The quantitative estimate of drug-likeness (QED) is 0.615. The molecule has 0 radical (unpaired) electrons. The first kappa shape index (κ1) is 19.8. The van der Waals surface area contributed by atoms with Gasteiger partial charge >= 0.3 is 0 Å². The number of benzene rings is 2. The number of nitro groups is 1. The highest BCUT2D eigenvalue weighted by Gasteiger charge is 2.20. The van der Waals surface area contributed by atoms with Crippen molar-refractivity contribution in [3.8, 4) is 0 Å². The van der Waals surface area contributed by atoms with Crippen LogP contribution in [0.5, 0.6) is 0 Å². The molecule has 8 nitrogen and oxygen atoms in total. The van der Waals surface area contributed by atoms with Crippen LogP contribution >= 0.6 is 11.6 Å². The SMILES string of the molecule is Cc1ccc(S(=O)(=O)N(C)C)cc1NC(=O)c1ccc(Cl)c([N+](=O)[O-])c1. The topological polar surface area (TPSA) is 110 Å². The van der Waals surface area contributed by atoms with E-state index in [1.165, 1.54) is 38.4 Å². The molecule has 0 aromatic heterocycles. The van der Waals surface area contributed by atoms with E-state index in [2.05, 4.69) is 5.32 Å². The average molecular weight is 398 g/mol. The third-order valence-corrected chi connectivity index (χ3v) is 5.77. The van der Waals surface area contributed by atoms with Crippen molar-refractivity contribution in [3.63, 3.8) is 0 Å². The van der Waals surface area contributed by atoms with E-state index in [0.29, 0.717) is 5.56 Å². The molecule has 2 aromatic carbocycles. The van der Waals surface area contributed by atoms with Gasteiger partial charge in [0.05, 0.1) is 9.82 Å². The third kappa shape index (κ3) is 4.01. The molecule has 0 saturated heterocycles. The number of aryl methyl sites for hydroxylation is 1. The maximum atomic E-state index is 12.4. The van der Waals surface area contributed by atoms with Gasteiger partial charge in [0.25, 0.3) is 11.6 Å². The molecular formula is C16H16ClN3O5S. The molecule has 1 amide bonds. The van der Waals surface area contributed by atoms with E-state index in [4.69, 9.17) is 11.6 Å². The molecule has 0 spiro atoms. The molecule has 2 rings (SSSR count). The molecule has 0 fully saturated rings. The number of sulfonamides is 1. The molecule has 0 aliphatic heterocycles. The minimum absolute atomic E-state index is 0.0190. The van der Waals surface area contributed by atoms with E-state index in [-0.39, 0.29) is 26.9 Å². The number of nitro benzene ring substituents is 1. The van der Waals surface area contributed by atoms with Crippen molar-refractivity contribution >= 4 is 38.9 Å². The second kappa shape index (κ2) is 7.40. The first-order valence-electron chi connectivity index (χ1n) is 7.32. The number of carbonyl (C=O) groups is 1. The molecule has 26 heavy (non-hydrogen) atoms. The number of hydrogen-bond acceptors (Lipinski definition) is 5. The van der Waals surface area contributed by atoms with Gasteiger partial charge in [-0.05, 0) is 36.8 Å². The Morgan fingerprint density at radius 1 is 1.19 bits per heavy atom. The molecule has 0 aliphatic rings. The van der Waals surface area contributed by atoms with Crippen molar-refractivity contribution in [1.29, 1.82) is 0 Å². The van der Waals surface area contributed by atoms with Gasteiger partial charge in [0, 0.05) is 31.4 Å². The molecule has 0 saturated carbocycles. The number of anilines is 1. The van der Waals surface area contributed by atoms with Crippen LogP contribution in [0.15, 0.2) is 41.3 Å². The lowest BCUT2D eigenvalue weighted by Crippen LogP contribution is -2.22. The first-order chi connectivity index (χ1) is 12.0. The molecule has 2 aromatic rings. The smallest absolute Gasteiger partial charge is 0.288 e. The fraction of sp³-hybridized carbons (Fsp3) is 0.188. The number of halogens is 1. The predicted octanol–water partition coefficient (Wildman–Crippen LogP) is 3.06. The van der Waals surface area contributed by atoms with Gasteiger partial charge < -0.3 is 5.32 Å². The van der Waals surface area contributed by atoms with Gasteiger partial charge in [-0.1, -0.05) is 17.7 Å². The summed E-state index contributed by atoms with van der Waals surface area (Å²) in [5.41, 5.74) is 0.566. The Balaban J connectivity index is 2.38. The molecule has 0 atom stereocenters. The van der Waals surface area contributed by atoms with Crippen LogP contribution in [0.4, 0.5) is 11.4 Å². The van der Waals surface area contributed by atoms with Gasteiger partial charge in [0.2, 0.25) is 10.0 Å².